The Hall–Kier alpha value is -0.970. The van der Waals surface area contributed by atoms with Crippen molar-refractivity contribution in [2.45, 2.75) is 25.5 Å². The molecule has 2 heterocycles. The van der Waals surface area contributed by atoms with Crippen LogP contribution in [0, 0.1) is 0 Å². The third-order valence-corrected chi connectivity index (χ3v) is 4.28. The monoisotopic (exact) mass is 248 g/mol. The largest absolute Gasteiger partial charge is 0.393 e. The van der Waals surface area contributed by atoms with E-state index in [4.69, 9.17) is 0 Å². The van der Waals surface area contributed by atoms with E-state index in [1.54, 1.807) is 11.3 Å². The number of aliphatic hydroxyl groups excluding tert-OH is 1. The molecule has 0 saturated carbocycles. The Morgan fingerprint density at radius 3 is 2.82 bits per heavy atom. The molecule has 1 aromatic carbocycles. The second-order valence-corrected chi connectivity index (χ2v) is 5.70. The summed E-state index contributed by atoms with van der Waals surface area (Å²) in [6.07, 6.45) is 1.69. The average molecular weight is 248 g/mol. The van der Waals surface area contributed by atoms with Crippen LogP contribution < -0.4 is 0 Å². The van der Waals surface area contributed by atoms with Gasteiger partial charge in [-0.05, 0) is 25.0 Å². The molecule has 1 fully saturated rings. The Morgan fingerprint density at radius 1 is 1.29 bits per heavy atom. The van der Waals surface area contributed by atoms with Crippen LogP contribution in [0.2, 0.25) is 0 Å². The van der Waals surface area contributed by atoms with E-state index < -0.39 is 0 Å². The van der Waals surface area contributed by atoms with Crippen LogP contribution in [0.3, 0.4) is 0 Å². The van der Waals surface area contributed by atoms with E-state index in [0.29, 0.717) is 0 Å². The molecule has 1 aliphatic rings. The molecule has 2 aromatic rings. The molecule has 1 saturated heterocycles. The van der Waals surface area contributed by atoms with Gasteiger partial charge in [0.1, 0.15) is 5.01 Å². The quantitative estimate of drug-likeness (QED) is 0.885. The Kier molecular flexibility index (Phi) is 3.09. The molecule has 17 heavy (non-hydrogen) atoms. The van der Waals surface area contributed by atoms with Crippen molar-refractivity contribution >= 4 is 21.6 Å². The lowest BCUT2D eigenvalue weighted by Crippen LogP contribution is -2.35. The summed E-state index contributed by atoms with van der Waals surface area (Å²) in [5, 5.41) is 10.7. The van der Waals surface area contributed by atoms with Gasteiger partial charge in [0.15, 0.2) is 0 Å². The van der Waals surface area contributed by atoms with E-state index in [9.17, 15) is 5.11 Å². The van der Waals surface area contributed by atoms with Crippen molar-refractivity contribution in [1.82, 2.24) is 9.88 Å². The van der Waals surface area contributed by atoms with Crippen LogP contribution in [0.5, 0.6) is 0 Å². The van der Waals surface area contributed by atoms with Crippen molar-refractivity contribution in [3.8, 4) is 0 Å². The fourth-order valence-electron chi connectivity index (χ4n) is 2.26. The van der Waals surface area contributed by atoms with Crippen molar-refractivity contribution in [3.05, 3.63) is 29.3 Å². The minimum absolute atomic E-state index is 0.0957. The number of hydrogen-bond donors (Lipinski definition) is 1. The first-order valence-electron chi connectivity index (χ1n) is 6.06. The SMILES string of the molecule is OC1CCN(Cc2nc3ccccc3s2)CC1. The van der Waals surface area contributed by atoms with E-state index >= 15 is 0 Å². The predicted octanol–water partition coefficient (Wildman–Crippen LogP) is 2.25. The van der Waals surface area contributed by atoms with Gasteiger partial charge in [-0.1, -0.05) is 12.1 Å². The maximum Gasteiger partial charge on any atom is 0.108 e. The predicted molar refractivity (Wildman–Crippen MR) is 70.1 cm³/mol. The molecule has 90 valence electrons. The number of para-hydroxylation sites is 1. The van der Waals surface area contributed by atoms with E-state index in [1.807, 2.05) is 6.07 Å². The molecule has 0 amide bonds. The number of fused-ring (bicyclic) bond motifs is 1. The summed E-state index contributed by atoms with van der Waals surface area (Å²) in [4.78, 5) is 7.02. The number of rotatable bonds is 2. The molecule has 1 N–H and O–H groups in total. The van der Waals surface area contributed by atoms with Gasteiger partial charge in [-0.25, -0.2) is 4.98 Å². The second kappa shape index (κ2) is 4.72. The van der Waals surface area contributed by atoms with Crippen molar-refractivity contribution in [1.29, 1.82) is 0 Å². The summed E-state index contributed by atoms with van der Waals surface area (Å²) in [6, 6.07) is 8.27. The average Bonchev–Trinajstić information content (AvgIpc) is 2.74. The minimum atomic E-state index is -0.0957. The first-order valence-corrected chi connectivity index (χ1v) is 6.88. The maximum atomic E-state index is 9.47. The molecule has 0 aliphatic carbocycles. The zero-order valence-corrected chi connectivity index (χ0v) is 10.5. The van der Waals surface area contributed by atoms with Gasteiger partial charge in [0.25, 0.3) is 0 Å². The van der Waals surface area contributed by atoms with Crippen molar-refractivity contribution in [3.63, 3.8) is 0 Å². The molecule has 0 bridgehead atoms. The number of benzene rings is 1. The molecule has 0 atom stereocenters. The number of thiazole rings is 1. The van der Waals surface area contributed by atoms with Gasteiger partial charge >= 0.3 is 0 Å². The zero-order chi connectivity index (χ0) is 11.7. The summed E-state index contributed by atoms with van der Waals surface area (Å²) in [5.74, 6) is 0. The van der Waals surface area contributed by atoms with Crippen molar-refractivity contribution in [2.24, 2.45) is 0 Å². The lowest BCUT2D eigenvalue weighted by Gasteiger charge is -2.28. The van der Waals surface area contributed by atoms with E-state index in [-0.39, 0.29) is 6.10 Å². The molecule has 0 radical (unpaired) electrons. The third-order valence-electron chi connectivity index (χ3n) is 3.25. The number of hydrogen-bond acceptors (Lipinski definition) is 4. The molecule has 1 aliphatic heterocycles. The number of likely N-dealkylation sites (tertiary alicyclic amines) is 1. The smallest absolute Gasteiger partial charge is 0.108 e. The Bertz CT molecular complexity index is 470. The fourth-order valence-corrected chi connectivity index (χ4v) is 3.27. The van der Waals surface area contributed by atoms with Crippen LogP contribution in [0.25, 0.3) is 10.2 Å². The minimum Gasteiger partial charge on any atom is -0.393 e. The van der Waals surface area contributed by atoms with Crippen molar-refractivity contribution in [2.75, 3.05) is 13.1 Å². The van der Waals surface area contributed by atoms with Crippen LogP contribution in [-0.2, 0) is 6.54 Å². The van der Waals surface area contributed by atoms with Gasteiger partial charge < -0.3 is 5.11 Å². The summed E-state index contributed by atoms with van der Waals surface area (Å²) in [7, 11) is 0. The lowest BCUT2D eigenvalue weighted by molar-refractivity contribution is 0.0792. The highest BCUT2D eigenvalue weighted by Gasteiger charge is 2.18. The highest BCUT2D eigenvalue weighted by Crippen LogP contribution is 2.23. The van der Waals surface area contributed by atoms with Gasteiger partial charge in [0, 0.05) is 13.1 Å². The summed E-state index contributed by atoms with van der Waals surface area (Å²) < 4.78 is 1.26. The van der Waals surface area contributed by atoms with Gasteiger partial charge in [0.2, 0.25) is 0 Å². The standard InChI is InChI=1S/C13H16N2OS/c16-10-5-7-15(8-6-10)9-13-14-11-3-1-2-4-12(11)17-13/h1-4,10,16H,5-9H2. The topological polar surface area (TPSA) is 36.4 Å². The lowest BCUT2D eigenvalue weighted by atomic mass is 10.1. The molecule has 4 heteroatoms. The fraction of sp³-hybridized carbons (Fsp3) is 0.462. The molecule has 3 rings (SSSR count). The molecule has 0 spiro atoms. The maximum absolute atomic E-state index is 9.47. The van der Waals surface area contributed by atoms with Gasteiger partial charge in [-0.3, -0.25) is 4.90 Å². The molecule has 3 nitrogen and oxygen atoms in total. The van der Waals surface area contributed by atoms with Crippen LogP contribution in [0.15, 0.2) is 24.3 Å². The normalized spacial score (nSPS) is 18.9. The number of aliphatic hydroxyl groups is 1. The first-order chi connectivity index (χ1) is 8.31. The van der Waals surface area contributed by atoms with Gasteiger partial charge in [-0.2, -0.15) is 0 Å². The van der Waals surface area contributed by atoms with E-state index in [1.165, 1.54) is 9.71 Å². The van der Waals surface area contributed by atoms with Gasteiger partial charge in [-0.15, -0.1) is 11.3 Å². The molecular formula is C13H16N2OS. The highest BCUT2D eigenvalue weighted by atomic mass is 32.1. The van der Waals surface area contributed by atoms with E-state index in [0.717, 1.165) is 38.0 Å². The van der Waals surface area contributed by atoms with Crippen LogP contribution in [-0.4, -0.2) is 34.2 Å². The summed E-state index contributed by atoms with van der Waals surface area (Å²) >= 11 is 1.78. The molecular weight excluding hydrogens is 232 g/mol. The van der Waals surface area contributed by atoms with Crippen LogP contribution in [0.1, 0.15) is 17.8 Å². The zero-order valence-electron chi connectivity index (χ0n) is 9.67. The second-order valence-electron chi connectivity index (χ2n) is 4.58. The number of piperidine rings is 1. The van der Waals surface area contributed by atoms with Crippen molar-refractivity contribution < 1.29 is 5.11 Å². The van der Waals surface area contributed by atoms with E-state index in [2.05, 4.69) is 28.1 Å². The Balaban J connectivity index is 1.72. The van der Waals surface area contributed by atoms with Crippen LogP contribution in [0.4, 0.5) is 0 Å². The summed E-state index contributed by atoms with van der Waals surface area (Å²) in [6.45, 7) is 2.89. The number of aromatic nitrogens is 1. The highest BCUT2D eigenvalue weighted by molar-refractivity contribution is 7.18. The third kappa shape index (κ3) is 2.49. The molecule has 0 unspecified atom stereocenters. The molecule has 1 aromatic heterocycles. The Morgan fingerprint density at radius 2 is 2.06 bits per heavy atom. The number of nitrogens with zero attached hydrogens (tertiary/aromatic N) is 2. The first kappa shape index (κ1) is 11.1. The van der Waals surface area contributed by atoms with Gasteiger partial charge in [0.05, 0.1) is 22.9 Å². The summed E-state index contributed by atoms with van der Waals surface area (Å²) in [5.41, 5.74) is 1.10. The van der Waals surface area contributed by atoms with Crippen LogP contribution >= 0.6 is 11.3 Å². The Labute approximate surface area is 105 Å².